The number of aliphatic hydroxyl groups is 2. The van der Waals surface area contributed by atoms with Crippen molar-refractivity contribution in [2.75, 3.05) is 13.2 Å². The zero-order chi connectivity index (χ0) is 26.7. The second-order valence-corrected chi connectivity index (χ2v) is 9.13. The molecular weight excluding hydrogens is 454 g/mol. The fraction of sp³-hybridized carbons (Fsp3) is 0.433. The largest absolute Gasteiger partial charge is 0.498 e. The molecule has 0 saturated heterocycles. The first-order chi connectivity index (χ1) is 17.1. The van der Waals surface area contributed by atoms with Crippen LogP contribution in [0.2, 0.25) is 0 Å². The number of aromatic nitrogens is 1. The molecule has 6 nitrogen and oxygen atoms in total. The van der Waals surface area contributed by atoms with Crippen molar-refractivity contribution in [1.29, 1.82) is 0 Å². The molecule has 6 heteroatoms. The van der Waals surface area contributed by atoms with Gasteiger partial charge in [0.15, 0.2) is 0 Å². The number of aliphatic hydroxyl groups excluding tert-OH is 2. The number of carbonyl (C=O) groups is 1. The van der Waals surface area contributed by atoms with Crippen LogP contribution >= 0.6 is 0 Å². The highest BCUT2D eigenvalue weighted by molar-refractivity contribution is 5.86. The van der Waals surface area contributed by atoms with Crippen molar-refractivity contribution in [3.63, 3.8) is 0 Å². The molecule has 0 aliphatic heterocycles. The number of hydrogen-bond acceptors (Lipinski definition) is 5. The Morgan fingerprint density at radius 3 is 2.31 bits per heavy atom. The lowest BCUT2D eigenvalue weighted by Gasteiger charge is -2.17. The predicted octanol–water partition coefficient (Wildman–Crippen LogP) is 3.77. The van der Waals surface area contributed by atoms with Gasteiger partial charge in [-0.1, -0.05) is 44.3 Å². The van der Waals surface area contributed by atoms with Gasteiger partial charge in [0.05, 0.1) is 31.2 Å². The first-order valence-electron chi connectivity index (χ1n) is 12.6. The molecule has 1 aromatic heterocycles. The van der Waals surface area contributed by atoms with Crippen LogP contribution < -0.4 is 10.6 Å². The van der Waals surface area contributed by atoms with E-state index < -0.39 is 18.2 Å². The van der Waals surface area contributed by atoms with Crippen LogP contribution in [0.3, 0.4) is 0 Å². The van der Waals surface area contributed by atoms with E-state index >= 15 is 0 Å². The standard InChI is InChI=1S/C30H41NO5/c1-7-24-12-8-9-13-26(24)27-20-25(23(5)31(27)6)17-16-22(4)35-18-10-14-28(32)29(33)15-11-19-36-30(34)21(2)3/h8-9,12-13,16-17,20,28-29,32-33H,2,5,7,10-11,14-15,18-19H2,1,3-4,6H3/b22-16+,25-17-. The average Bonchev–Trinajstić information content (AvgIpc) is 3.15. The molecule has 0 aliphatic carbocycles. The Morgan fingerprint density at radius 1 is 1.08 bits per heavy atom. The Kier molecular flexibility index (Phi) is 11.7. The number of allylic oxidation sites excluding steroid dienone is 2. The molecular formula is C30H41NO5. The SMILES string of the molecule is C=C(C)C(=O)OCCCC(O)C(O)CCCO/C(C)=C/C=c1/cc(-c2ccccc2CC)n(C)c1=C. The first-order valence-corrected chi connectivity index (χ1v) is 12.6. The van der Waals surface area contributed by atoms with Gasteiger partial charge in [0.25, 0.3) is 0 Å². The smallest absolute Gasteiger partial charge is 0.333 e. The molecule has 1 aromatic carbocycles. The number of carbonyl (C=O) groups excluding carboxylic acids is 1. The summed E-state index contributed by atoms with van der Waals surface area (Å²) < 4.78 is 12.9. The lowest BCUT2D eigenvalue weighted by molar-refractivity contribution is -0.139. The predicted molar refractivity (Wildman–Crippen MR) is 145 cm³/mol. The molecule has 2 aromatic rings. The van der Waals surface area contributed by atoms with E-state index in [1.807, 2.05) is 26.1 Å². The summed E-state index contributed by atoms with van der Waals surface area (Å²) in [6.45, 7) is 14.0. The Morgan fingerprint density at radius 2 is 1.69 bits per heavy atom. The van der Waals surface area contributed by atoms with Gasteiger partial charge in [-0.2, -0.15) is 0 Å². The normalized spacial score (nSPS) is 13.9. The second kappa shape index (κ2) is 14.5. The summed E-state index contributed by atoms with van der Waals surface area (Å²) in [5.74, 6) is 0.326. The van der Waals surface area contributed by atoms with Gasteiger partial charge in [-0.3, -0.25) is 0 Å². The van der Waals surface area contributed by atoms with Gasteiger partial charge in [0.2, 0.25) is 0 Å². The Labute approximate surface area is 214 Å². The molecule has 2 atom stereocenters. The maximum Gasteiger partial charge on any atom is 0.333 e. The zero-order valence-corrected chi connectivity index (χ0v) is 22.1. The van der Waals surface area contributed by atoms with Crippen LogP contribution in [0.15, 0.2) is 54.3 Å². The molecule has 2 N–H and O–H groups in total. The van der Waals surface area contributed by atoms with Gasteiger partial charge in [0.1, 0.15) is 0 Å². The highest BCUT2D eigenvalue weighted by atomic mass is 16.5. The Bertz CT molecular complexity index is 1160. The summed E-state index contributed by atoms with van der Waals surface area (Å²) in [5, 5.41) is 22.2. The first kappa shape index (κ1) is 29.1. The van der Waals surface area contributed by atoms with Gasteiger partial charge >= 0.3 is 5.97 Å². The van der Waals surface area contributed by atoms with E-state index in [0.717, 1.165) is 28.4 Å². The molecule has 0 bridgehead atoms. The van der Waals surface area contributed by atoms with E-state index in [0.29, 0.717) is 37.9 Å². The van der Waals surface area contributed by atoms with Crippen molar-refractivity contribution in [1.82, 2.24) is 4.57 Å². The van der Waals surface area contributed by atoms with Crippen molar-refractivity contribution in [3.8, 4) is 11.3 Å². The molecule has 0 amide bonds. The number of esters is 1. The summed E-state index contributed by atoms with van der Waals surface area (Å²) in [5.41, 5.74) is 4.00. The van der Waals surface area contributed by atoms with Gasteiger partial charge in [-0.15, -0.1) is 0 Å². The van der Waals surface area contributed by atoms with Crippen LogP contribution in [0.1, 0.15) is 52.0 Å². The highest BCUT2D eigenvalue weighted by Gasteiger charge is 2.16. The molecule has 1 heterocycles. The summed E-state index contributed by atoms with van der Waals surface area (Å²) >= 11 is 0. The summed E-state index contributed by atoms with van der Waals surface area (Å²) in [6, 6.07) is 10.6. The molecule has 2 rings (SSSR count). The van der Waals surface area contributed by atoms with Crippen LogP contribution in [0.25, 0.3) is 23.9 Å². The van der Waals surface area contributed by atoms with Crippen molar-refractivity contribution >= 4 is 18.6 Å². The van der Waals surface area contributed by atoms with Crippen molar-refractivity contribution in [2.24, 2.45) is 7.05 Å². The molecule has 2 unspecified atom stereocenters. The number of ether oxygens (including phenoxy) is 2. The van der Waals surface area contributed by atoms with Crippen molar-refractivity contribution < 1.29 is 24.5 Å². The lowest BCUT2D eigenvalue weighted by atomic mass is 10.0. The minimum absolute atomic E-state index is 0.197. The third-order valence-corrected chi connectivity index (χ3v) is 6.21. The third kappa shape index (κ3) is 8.54. The summed E-state index contributed by atoms with van der Waals surface area (Å²) in [7, 11) is 2.03. The average molecular weight is 496 g/mol. The van der Waals surface area contributed by atoms with Crippen LogP contribution in [0.4, 0.5) is 0 Å². The van der Waals surface area contributed by atoms with Crippen LogP contribution in [0.5, 0.6) is 0 Å². The summed E-state index contributed by atoms with van der Waals surface area (Å²) in [4.78, 5) is 11.3. The van der Waals surface area contributed by atoms with E-state index in [4.69, 9.17) is 9.47 Å². The number of nitrogens with zero attached hydrogens (tertiary/aromatic N) is 1. The summed E-state index contributed by atoms with van der Waals surface area (Å²) in [6.07, 6.45) is 5.06. The number of aryl methyl sites for hydroxylation is 1. The zero-order valence-electron chi connectivity index (χ0n) is 22.1. The van der Waals surface area contributed by atoms with E-state index in [2.05, 4.69) is 55.0 Å². The minimum atomic E-state index is -0.862. The topological polar surface area (TPSA) is 80.9 Å². The van der Waals surface area contributed by atoms with Gasteiger partial charge in [-0.05, 0) is 75.0 Å². The highest BCUT2D eigenvalue weighted by Crippen LogP contribution is 2.21. The molecule has 0 saturated carbocycles. The molecule has 196 valence electrons. The monoisotopic (exact) mass is 495 g/mol. The fourth-order valence-electron chi connectivity index (χ4n) is 3.89. The van der Waals surface area contributed by atoms with Gasteiger partial charge < -0.3 is 24.3 Å². The molecule has 0 radical (unpaired) electrons. The van der Waals surface area contributed by atoms with Crippen LogP contribution in [0, 0.1) is 0 Å². The Hall–Kier alpha value is -3.09. The van der Waals surface area contributed by atoms with E-state index in [1.54, 1.807) is 6.92 Å². The second-order valence-electron chi connectivity index (χ2n) is 9.13. The molecule has 0 fully saturated rings. The Balaban J connectivity index is 1.83. The number of hydrogen-bond donors (Lipinski definition) is 2. The number of benzene rings is 1. The van der Waals surface area contributed by atoms with E-state index in [9.17, 15) is 15.0 Å². The number of rotatable bonds is 14. The lowest BCUT2D eigenvalue weighted by Crippen LogP contribution is -2.26. The van der Waals surface area contributed by atoms with Crippen LogP contribution in [-0.4, -0.2) is 46.2 Å². The minimum Gasteiger partial charge on any atom is -0.498 e. The van der Waals surface area contributed by atoms with Crippen molar-refractivity contribution in [2.45, 2.75) is 65.1 Å². The van der Waals surface area contributed by atoms with Gasteiger partial charge in [0, 0.05) is 29.2 Å². The maximum atomic E-state index is 11.3. The third-order valence-electron chi connectivity index (χ3n) is 6.21. The van der Waals surface area contributed by atoms with Crippen LogP contribution in [-0.2, 0) is 27.7 Å². The maximum absolute atomic E-state index is 11.3. The molecule has 0 aliphatic rings. The van der Waals surface area contributed by atoms with E-state index in [-0.39, 0.29) is 6.61 Å². The molecule has 36 heavy (non-hydrogen) atoms. The molecule has 0 spiro atoms. The van der Waals surface area contributed by atoms with Crippen molar-refractivity contribution in [3.05, 3.63) is 70.5 Å². The quantitative estimate of drug-likeness (QED) is 0.181. The fourth-order valence-corrected chi connectivity index (χ4v) is 3.89. The van der Waals surface area contributed by atoms with E-state index in [1.165, 1.54) is 11.1 Å². The van der Waals surface area contributed by atoms with Gasteiger partial charge in [-0.25, -0.2) is 4.79 Å².